The molecule has 1 heterocycles. The van der Waals surface area contributed by atoms with E-state index in [1.54, 1.807) is 38.7 Å². The Bertz CT molecular complexity index is 633. The first kappa shape index (κ1) is 16.5. The highest BCUT2D eigenvalue weighted by Gasteiger charge is 2.78. The van der Waals surface area contributed by atoms with E-state index in [0.29, 0.717) is 4.31 Å². The van der Waals surface area contributed by atoms with Crippen molar-refractivity contribution < 1.29 is 21.6 Å². The van der Waals surface area contributed by atoms with Gasteiger partial charge in [0.1, 0.15) is 5.16 Å². The lowest BCUT2D eigenvalue weighted by Crippen LogP contribution is -2.56. The number of rotatable bonds is 3. The standard InChI is InChI=1S/C13H18F3NO2SSi/c1-10-5-7-11(8-6-10)20(18,19)17-9-12(17,13(14,15)16)21(2,3)4/h5-8H,9H2,1-4H3/t12-,17?/m0/s1. The van der Waals surface area contributed by atoms with Gasteiger partial charge in [0.2, 0.25) is 10.0 Å². The molecule has 0 radical (unpaired) electrons. The highest BCUT2D eigenvalue weighted by atomic mass is 32.2. The fourth-order valence-electron chi connectivity index (χ4n) is 2.57. The molecule has 1 fully saturated rings. The van der Waals surface area contributed by atoms with Crippen LogP contribution in [0.4, 0.5) is 13.2 Å². The van der Waals surface area contributed by atoms with Gasteiger partial charge >= 0.3 is 6.18 Å². The minimum Gasteiger partial charge on any atom is -0.207 e. The highest BCUT2D eigenvalue weighted by Crippen LogP contribution is 2.54. The fraction of sp³-hybridized carbons (Fsp3) is 0.538. The van der Waals surface area contributed by atoms with Crippen LogP contribution in [-0.2, 0) is 10.0 Å². The smallest absolute Gasteiger partial charge is 0.207 e. The van der Waals surface area contributed by atoms with Gasteiger partial charge in [-0.3, -0.25) is 0 Å². The normalized spacial score (nSPS) is 26.7. The lowest BCUT2D eigenvalue weighted by molar-refractivity contribution is -0.146. The molecular weight excluding hydrogens is 319 g/mol. The monoisotopic (exact) mass is 337 g/mol. The molecule has 0 aliphatic carbocycles. The Balaban J connectivity index is 2.47. The van der Waals surface area contributed by atoms with Crippen molar-refractivity contribution in [3.05, 3.63) is 29.8 Å². The Morgan fingerprint density at radius 3 is 1.95 bits per heavy atom. The zero-order valence-corrected chi connectivity index (χ0v) is 14.1. The number of hydrogen-bond donors (Lipinski definition) is 0. The quantitative estimate of drug-likeness (QED) is 0.627. The van der Waals surface area contributed by atoms with Crippen molar-refractivity contribution >= 4 is 18.1 Å². The molecule has 1 aliphatic rings. The summed E-state index contributed by atoms with van der Waals surface area (Å²) in [5, 5.41) is -2.19. The third-order valence-corrected chi connectivity index (χ3v) is 9.26. The fourth-order valence-corrected chi connectivity index (χ4v) is 7.70. The average Bonchev–Trinajstić information content (AvgIpc) is 3.04. The molecular formula is C13H18F3NO2SSi. The molecule has 0 bridgehead atoms. The van der Waals surface area contributed by atoms with Crippen LogP contribution >= 0.6 is 0 Å². The van der Waals surface area contributed by atoms with Crippen molar-refractivity contribution in [3.63, 3.8) is 0 Å². The summed E-state index contributed by atoms with van der Waals surface area (Å²) in [5.41, 5.74) is 0.854. The minimum absolute atomic E-state index is 0.0857. The van der Waals surface area contributed by atoms with E-state index < -0.39 is 36.0 Å². The summed E-state index contributed by atoms with van der Waals surface area (Å²) in [6.07, 6.45) is -4.55. The molecule has 21 heavy (non-hydrogen) atoms. The molecule has 2 atom stereocenters. The Morgan fingerprint density at radius 2 is 1.62 bits per heavy atom. The maximum absolute atomic E-state index is 13.5. The highest BCUT2D eigenvalue weighted by molar-refractivity contribution is 7.89. The van der Waals surface area contributed by atoms with Gasteiger partial charge in [-0.15, -0.1) is 0 Å². The molecule has 2 rings (SSSR count). The van der Waals surface area contributed by atoms with E-state index in [4.69, 9.17) is 0 Å². The predicted molar refractivity (Wildman–Crippen MR) is 77.2 cm³/mol. The lowest BCUT2D eigenvalue weighted by Gasteiger charge is -2.31. The van der Waals surface area contributed by atoms with E-state index >= 15 is 0 Å². The molecule has 0 N–H and O–H groups in total. The van der Waals surface area contributed by atoms with Crippen LogP contribution in [0.1, 0.15) is 5.56 Å². The second kappa shape index (κ2) is 4.56. The number of hydrogen-bond acceptors (Lipinski definition) is 2. The summed E-state index contributed by atoms with van der Waals surface area (Å²) < 4.78 is 66.0. The van der Waals surface area contributed by atoms with Gasteiger partial charge in [-0.05, 0) is 19.1 Å². The number of aryl methyl sites for hydroxylation is 1. The SMILES string of the molecule is Cc1ccc(S(=O)(=O)N2C[C@@]2(C(F)(F)F)[Si](C)(C)C)cc1. The molecule has 1 aliphatic heterocycles. The van der Waals surface area contributed by atoms with Crippen molar-refractivity contribution in [2.75, 3.05) is 6.54 Å². The van der Waals surface area contributed by atoms with Gasteiger partial charge in [-0.25, -0.2) is 8.42 Å². The Hall–Kier alpha value is -0.863. The van der Waals surface area contributed by atoms with Gasteiger partial charge in [0.25, 0.3) is 0 Å². The van der Waals surface area contributed by atoms with Crippen LogP contribution in [0.25, 0.3) is 0 Å². The van der Waals surface area contributed by atoms with E-state index in [9.17, 15) is 21.6 Å². The van der Waals surface area contributed by atoms with Crippen molar-refractivity contribution in [1.82, 2.24) is 4.31 Å². The number of alkyl halides is 3. The summed E-state index contributed by atoms with van der Waals surface area (Å²) in [4.78, 5) is -0.0857. The molecule has 1 saturated heterocycles. The number of halogens is 3. The van der Waals surface area contributed by atoms with E-state index in [2.05, 4.69) is 0 Å². The Morgan fingerprint density at radius 1 is 1.14 bits per heavy atom. The molecule has 0 aromatic heterocycles. The van der Waals surface area contributed by atoms with Crippen LogP contribution in [0.15, 0.2) is 29.2 Å². The zero-order chi connectivity index (χ0) is 16.3. The van der Waals surface area contributed by atoms with Gasteiger partial charge < -0.3 is 0 Å². The summed E-state index contributed by atoms with van der Waals surface area (Å²) >= 11 is 0. The second-order valence-corrected chi connectivity index (χ2v) is 13.6. The molecule has 118 valence electrons. The maximum atomic E-state index is 13.5. The van der Waals surface area contributed by atoms with Crippen LogP contribution in [-0.4, -0.2) is 38.7 Å². The predicted octanol–water partition coefficient (Wildman–Crippen LogP) is 3.18. The summed E-state index contributed by atoms with van der Waals surface area (Å²) in [6.45, 7) is 5.96. The molecule has 0 saturated carbocycles. The average molecular weight is 337 g/mol. The number of sulfonamides is 1. The second-order valence-electron chi connectivity index (χ2n) is 6.43. The molecule has 3 nitrogen and oxygen atoms in total. The van der Waals surface area contributed by atoms with Crippen molar-refractivity contribution in [3.8, 4) is 0 Å². The molecule has 1 aromatic carbocycles. The van der Waals surface area contributed by atoms with Gasteiger partial charge in [0.15, 0.2) is 0 Å². The molecule has 0 spiro atoms. The molecule has 1 unspecified atom stereocenters. The summed E-state index contributed by atoms with van der Waals surface area (Å²) in [5.74, 6) is 0. The topological polar surface area (TPSA) is 37.1 Å². The van der Waals surface area contributed by atoms with E-state index in [-0.39, 0.29) is 4.90 Å². The van der Waals surface area contributed by atoms with Gasteiger partial charge in [-0.2, -0.15) is 17.5 Å². The molecule has 1 aromatic rings. The van der Waals surface area contributed by atoms with Gasteiger partial charge in [-0.1, -0.05) is 37.3 Å². The molecule has 0 amide bonds. The first-order chi connectivity index (χ1) is 9.34. The van der Waals surface area contributed by atoms with Crippen LogP contribution in [0.2, 0.25) is 19.6 Å². The Kier molecular flexibility index (Phi) is 3.59. The Labute approximate surface area is 123 Å². The third kappa shape index (κ3) is 2.43. The number of benzene rings is 1. The van der Waals surface area contributed by atoms with Crippen LogP contribution < -0.4 is 0 Å². The zero-order valence-electron chi connectivity index (χ0n) is 12.3. The van der Waals surface area contributed by atoms with E-state index in [1.807, 2.05) is 0 Å². The largest absolute Gasteiger partial charge is 0.406 e. The van der Waals surface area contributed by atoms with Gasteiger partial charge in [0, 0.05) is 6.54 Å². The van der Waals surface area contributed by atoms with Gasteiger partial charge in [0.05, 0.1) is 13.0 Å². The summed E-state index contributed by atoms with van der Waals surface area (Å²) in [6, 6.07) is 5.88. The lowest BCUT2D eigenvalue weighted by atomic mass is 10.2. The minimum atomic E-state index is -4.55. The third-order valence-electron chi connectivity index (χ3n) is 4.01. The van der Waals surface area contributed by atoms with Crippen molar-refractivity contribution in [2.24, 2.45) is 0 Å². The number of nitrogens with zero attached hydrogens (tertiary/aromatic N) is 1. The van der Waals surface area contributed by atoms with Crippen molar-refractivity contribution in [1.29, 1.82) is 0 Å². The maximum Gasteiger partial charge on any atom is 0.406 e. The van der Waals surface area contributed by atoms with E-state index in [1.165, 1.54) is 12.1 Å². The summed E-state index contributed by atoms with van der Waals surface area (Å²) in [7, 11) is -6.91. The van der Waals surface area contributed by atoms with Crippen LogP contribution in [0, 0.1) is 6.92 Å². The first-order valence-corrected chi connectivity index (χ1v) is 11.4. The van der Waals surface area contributed by atoms with Crippen LogP contribution in [0.5, 0.6) is 0 Å². The van der Waals surface area contributed by atoms with Crippen molar-refractivity contribution in [2.45, 2.75) is 42.8 Å². The van der Waals surface area contributed by atoms with E-state index in [0.717, 1.165) is 5.56 Å². The molecule has 8 heteroatoms. The first-order valence-electron chi connectivity index (χ1n) is 6.50. The van der Waals surface area contributed by atoms with Crippen LogP contribution in [0.3, 0.4) is 0 Å².